The Kier molecular flexibility index (Phi) is 17.4. The van der Waals surface area contributed by atoms with Crippen LogP contribution in [0.1, 0.15) is 23.4 Å². The third kappa shape index (κ3) is 14.6. The molecule has 0 aliphatic carbocycles. The summed E-state index contributed by atoms with van der Waals surface area (Å²) in [6, 6.07) is 19.6. The van der Waals surface area contributed by atoms with Gasteiger partial charge in [-0.2, -0.15) is 5.90 Å². The number of carbonyl (C=O) groups is 1. The summed E-state index contributed by atoms with van der Waals surface area (Å²) in [6.07, 6.45) is 4.65. The number of hydrogen-bond donors (Lipinski definition) is 2. The molecule has 211 valence electrons. The summed E-state index contributed by atoms with van der Waals surface area (Å²) in [6.45, 7) is 4.58. The zero-order valence-electron chi connectivity index (χ0n) is 21.7. The molecule has 3 aromatic rings. The molecule has 2 heterocycles. The number of nitrogens with one attached hydrogen (secondary N) is 1. The number of ether oxygens (including phenoxy) is 2. The van der Waals surface area contributed by atoms with Crippen molar-refractivity contribution >= 4 is 17.9 Å². The van der Waals surface area contributed by atoms with Crippen LogP contribution in [0.4, 0.5) is 0 Å². The molecule has 0 spiro atoms. The Morgan fingerprint density at radius 2 is 1.51 bits per heavy atom. The fourth-order valence-corrected chi connectivity index (χ4v) is 3.91. The van der Waals surface area contributed by atoms with Gasteiger partial charge in [0.1, 0.15) is 0 Å². The van der Waals surface area contributed by atoms with Crippen molar-refractivity contribution in [3.63, 3.8) is 0 Å². The van der Waals surface area contributed by atoms with Gasteiger partial charge in [-0.3, -0.25) is 19.7 Å². The Hall–Kier alpha value is -2.24. The van der Waals surface area contributed by atoms with Crippen LogP contribution in [0.3, 0.4) is 0 Å². The predicted octanol–water partition coefficient (Wildman–Crippen LogP) is 3.09. The Labute approximate surface area is 247 Å². The van der Waals surface area contributed by atoms with Gasteiger partial charge in [0.15, 0.2) is 0 Å². The first-order valence-corrected chi connectivity index (χ1v) is 13.2. The topological polar surface area (TPSA) is 121 Å². The van der Waals surface area contributed by atoms with Crippen LogP contribution in [0, 0.1) is 0 Å². The van der Waals surface area contributed by atoms with Gasteiger partial charge in [0, 0.05) is 70.3 Å². The van der Waals surface area contributed by atoms with Crippen LogP contribution < -0.4 is 11.2 Å². The third-order valence-corrected chi connectivity index (χ3v) is 6.06. The zero-order valence-corrected chi connectivity index (χ0v) is 25.3. The first kappa shape index (κ1) is 33.0. The molecular weight excluding hydrogens is 693 g/mol. The maximum Gasteiger partial charge on any atom is 0.222 e. The summed E-state index contributed by atoms with van der Waals surface area (Å²) in [5, 5.41) is 2.91. The third-order valence-electron chi connectivity index (χ3n) is 5.45. The number of hydrogen-bond acceptors (Lipinski definition) is 10. The number of pyridine rings is 2. The molecule has 1 radical (unpaired) electrons. The second-order valence-corrected chi connectivity index (χ2v) is 9.09. The van der Waals surface area contributed by atoms with E-state index in [4.69, 9.17) is 15.4 Å². The number of nitrogens with two attached hydrogens (primary N) is 1. The van der Waals surface area contributed by atoms with E-state index in [9.17, 15) is 4.79 Å². The first-order chi connectivity index (χ1) is 18.7. The van der Waals surface area contributed by atoms with Crippen LogP contribution in [0.2, 0.25) is 0 Å². The number of benzene rings is 1. The van der Waals surface area contributed by atoms with E-state index in [1.54, 1.807) is 12.4 Å². The van der Waals surface area contributed by atoms with Gasteiger partial charge in [0.2, 0.25) is 5.91 Å². The summed E-state index contributed by atoms with van der Waals surface area (Å²) >= 11 is 1.03. The van der Waals surface area contributed by atoms with Crippen LogP contribution in [-0.2, 0) is 63.5 Å². The number of rotatable bonds is 19. The van der Waals surface area contributed by atoms with E-state index in [2.05, 4.69) is 29.5 Å². The van der Waals surface area contributed by atoms with Crippen molar-refractivity contribution < 1.29 is 44.0 Å². The molecular formula is C27H35N5O5ReS. The van der Waals surface area contributed by atoms with E-state index in [0.29, 0.717) is 39.4 Å². The summed E-state index contributed by atoms with van der Waals surface area (Å²) in [4.78, 5) is 28.1. The maximum atomic E-state index is 12.0. The SMILES string of the molecule is NOOSc1ccc(CCNC(=O)CCOCCOCCN(Cc2ccccn2)Cc2ccccn2)cc1.[Re]. The molecule has 39 heavy (non-hydrogen) atoms. The summed E-state index contributed by atoms with van der Waals surface area (Å²) < 4.78 is 15.9. The molecule has 1 aromatic carbocycles. The van der Waals surface area contributed by atoms with Crippen molar-refractivity contribution in [1.29, 1.82) is 0 Å². The quantitative estimate of drug-likeness (QED) is 0.0826. The normalized spacial score (nSPS) is 10.8. The van der Waals surface area contributed by atoms with Crippen molar-refractivity contribution in [3.8, 4) is 0 Å². The standard InChI is InChI=1S/C27H35N5O5S.Re/c28-36-37-38-26-9-7-23(8-10-26)11-15-31-27(33)12-17-34-19-20-35-18-16-32(21-24-5-1-3-13-29-24)22-25-6-2-4-14-30-25;/h1-10,13-14H,11-12,15-22,28H2,(H,31,33);. The molecule has 0 unspecified atom stereocenters. The minimum atomic E-state index is -0.0359. The van der Waals surface area contributed by atoms with Crippen molar-refractivity contribution in [2.24, 2.45) is 5.90 Å². The molecule has 0 fully saturated rings. The molecule has 3 N–H and O–H groups in total. The molecule has 12 heteroatoms. The first-order valence-electron chi connectivity index (χ1n) is 12.5. The summed E-state index contributed by atoms with van der Waals surface area (Å²) in [7, 11) is 0. The average molecular weight is 728 g/mol. The second-order valence-electron chi connectivity index (χ2n) is 8.32. The summed E-state index contributed by atoms with van der Waals surface area (Å²) in [5.74, 6) is 4.79. The van der Waals surface area contributed by atoms with Gasteiger partial charge >= 0.3 is 0 Å². The van der Waals surface area contributed by atoms with E-state index in [1.165, 1.54) is 0 Å². The number of carbonyl (C=O) groups excluding carboxylic acids is 1. The molecule has 0 bridgehead atoms. The van der Waals surface area contributed by atoms with Crippen molar-refractivity contribution in [2.75, 3.05) is 39.5 Å². The summed E-state index contributed by atoms with van der Waals surface area (Å²) in [5.41, 5.74) is 3.12. The molecule has 0 aliphatic heterocycles. The average Bonchev–Trinajstić information content (AvgIpc) is 2.95. The Balaban J connectivity index is 0.00000533. The van der Waals surface area contributed by atoms with Gasteiger partial charge < -0.3 is 14.8 Å². The number of nitrogens with zero attached hydrogens (tertiary/aromatic N) is 3. The Morgan fingerprint density at radius 1 is 0.872 bits per heavy atom. The fourth-order valence-electron chi connectivity index (χ4n) is 3.54. The van der Waals surface area contributed by atoms with Gasteiger partial charge in [-0.25, -0.2) is 0 Å². The van der Waals surface area contributed by atoms with Gasteiger partial charge in [-0.1, -0.05) is 24.3 Å². The fraction of sp³-hybridized carbons (Fsp3) is 0.370. The molecule has 2 aromatic heterocycles. The molecule has 0 saturated heterocycles. The molecule has 1 amide bonds. The van der Waals surface area contributed by atoms with Gasteiger partial charge in [0.05, 0.1) is 49.9 Å². The van der Waals surface area contributed by atoms with E-state index < -0.39 is 0 Å². The smallest absolute Gasteiger partial charge is 0.222 e. The number of amides is 1. The van der Waals surface area contributed by atoms with Crippen molar-refractivity contribution in [2.45, 2.75) is 30.8 Å². The van der Waals surface area contributed by atoms with Crippen LogP contribution in [0.15, 0.2) is 78.0 Å². The van der Waals surface area contributed by atoms with E-state index in [1.807, 2.05) is 60.7 Å². The van der Waals surface area contributed by atoms with Crippen LogP contribution in [-0.4, -0.2) is 60.3 Å². The molecule has 0 atom stereocenters. The van der Waals surface area contributed by atoms with E-state index in [-0.39, 0.29) is 26.3 Å². The van der Waals surface area contributed by atoms with Gasteiger partial charge in [-0.15, -0.1) is 9.32 Å². The second kappa shape index (κ2) is 20.6. The number of aromatic nitrogens is 2. The van der Waals surface area contributed by atoms with Gasteiger partial charge in [-0.05, 0) is 48.4 Å². The molecule has 10 nitrogen and oxygen atoms in total. The maximum absolute atomic E-state index is 12.0. The Morgan fingerprint density at radius 3 is 2.10 bits per heavy atom. The Bertz CT molecular complexity index is 996. The minimum Gasteiger partial charge on any atom is -0.379 e. The van der Waals surface area contributed by atoms with E-state index in [0.717, 1.165) is 59.9 Å². The monoisotopic (exact) mass is 728 g/mol. The molecule has 0 saturated carbocycles. The zero-order chi connectivity index (χ0) is 26.7. The largest absolute Gasteiger partial charge is 0.379 e. The van der Waals surface area contributed by atoms with Crippen LogP contribution in [0.5, 0.6) is 0 Å². The van der Waals surface area contributed by atoms with Crippen LogP contribution in [0.25, 0.3) is 0 Å². The van der Waals surface area contributed by atoms with Gasteiger partial charge in [0.25, 0.3) is 0 Å². The van der Waals surface area contributed by atoms with E-state index >= 15 is 0 Å². The predicted molar refractivity (Wildman–Crippen MR) is 144 cm³/mol. The minimum absolute atomic E-state index is 0. The molecule has 3 rings (SSSR count). The van der Waals surface area contributed by atoms with Crippen molar-refractivity contribution in [3.05, 3.63) is 90.0 Å². The molecule has 0 aliphatic rings. The van der Waals surface area contributed by atoms with Crippen LogP contribution >= 0.6 is 12.0 Å². The van der Waals surface area contributed by atoms with Crippen molar-refractivity contribution in [1.82, 2.24) is 20.2 Å².